The molecule has 0 aliphatic rings. The van der Waals surface area contributed by atoms with E-state index >= 15 is 0 Å². The van der Waals surface area contributed by atoms with Crippen LogP contribution in [0.4, 0.5) is 5.69 Å². The van der Waals surface area contributed by atoms with E-state index in [9.17, 15) is 0 Å². The molecule has 2 aromatic carbocycles. The highest BCUT2D eigenvalue weighted by atomic mass is 35.5. The zero-order chi connectivity index (χ0) is 15.0. The molecule has 21 heavy (non-hydrogen) atoms. The molecule has 0 saturated heterocycles. The topological polar surface area (TPSA) is 69.6 Å². The minimum Gasteiger partial charge on any atom is -0.399 e. The summed E-state index contributed by atoms with van der Waals surface area (Å²) >= 11 is 12.3. The van der Waals surface area contributed by atoms with Crippen molar-refractivity contribution in [2.75, 3.05) is 5.73 Å². The van der Waals surface area contributed by atoms with E-state index in [1.807, 2.05) is 25.1 Å². The highest BCUT2D eigenvalue weighted by molar-refractivity contribution is 6.32. The fraction of sp³-hybridized carbons (Fsp3) is 0.0714. The van der Waals surface area contributed by atoms with E-state index in [1.54, 1.807) is 22.9 Å². The van der Waals surface area contributed by atoms with Gasteiger partial charge in [-0.3, -0.25) is 0 Å². The molecule has 0 spiro atoms. The van der Waals surface area contributed by atoms with E-state index in [-0.39, 0.29) is 0 Å². The van der Waals surface area contributed by atoms with E-state index in [4.69, 9.17) is 28.9 Å². The Morgan fingerprint density at radius 2 is 1.90 bits per heavy atom. The second-order valence-corrected chi connectivity index (χ2v) is 5.49. The van der Waals surface area contributed by atoms with Crippen LogP contribution in [-0.2, 0) is 0 Å². The van der Waals surface area contributed by atoms with Crippen molar-refractivity contribution < 1.29 is 0 Å². The first-order chi connectivity index (χ1) is 10.0. The molecule has 0 unspecified atom stereocenters. The summed E-state index contributed by atoms with van der Waals surface area (Å²) in [5.41, 5.74) is 8.84. The molecular weight excluding hydrogens is 309 g/mol. The Labute approximate surface area is 131 Å². The number of rotatable bonds is 2. The van der Waals surface area contributed by atoms with Gasteiger partial charge in [0.1, 0.15) is 0 Å². The standard InChI is InChI=1S/C14H11Cl2N5/c1-8-2-3-13(12(16)4-8)21-14(18-19-20-21)9-5-10(15)7-11(17)6-9/h2-7H,17H2,1H3. The molecular formula is C14H11Cl2N5. The summed E-state index contributed by atoms with van der Waals surface area (Å²) in [4.78, 5) is 0. The van der Waals surface area contributed by atoms with Gasteiger partial charge in [0.25, 0.3) is 0 Å². The second kappa shape index (κ2) is 5.35. The lowest BCUT2D eigenvalue weighted by Gasteiger charge is -2.08. The normalized spacial score (nSPS) is 10.8. The van der Waals surface area contributed by atoms with Crippen molar-refractivity contribution in [2.45, 2.75) is 6.92 Å². The number of tetrazole rings is 1. The lowest BCUT2D eigenvalue weighted by Crippen LogP contribution is -2.01. The molecule has 3 aromatic rings. The third-order valence-corrected chi connectivity index (χ3v) is 3.50. The third kappa shape index (κ3) is 2.70. The van der Waals surface area contributed by atoms with E-state index < -0.39 is 0 Å². The fourth-order valence-electron chi connectivity index (χ4n) is 2.05. The van der Waals surface area contributed by atoms with Crippen LogP contribution in [0.3, 0.4) is 0 Å². The number of nitrogens with zero attached hydrogens (tertiary/aromatic N) is 4. The summed E-state index contributed by atoms with van der Waals surface area (Å²) in [6, 6.07) is 10.8. The highest BCUT2D eigenvalue weighted by Gasteiger charge is 2.14. The van der Waals surface area contributed by atoms with Crippen molar-refractivity contribution in [3.05, 3.63) is 52.0 Å². The number of hydrogen-bond acceptors (Lipinski definition) is 4. The van der Waals surface area contributed by atoms with Gasteiger partial charge in [-0.25, -0.2) is 0 Å². The molecule has 0 aliphatic carbocycles. The molecule has 7 heteroatoms. The van der Waals surface area contributed by atoms with Crippen LogP contribution >= 0.6 is 23.2 Å². The molecule has 1 heterocycles. The average Bonchev–Trinajstić information content (AvgIpc) is 2.86. The molecule has 0 fully saturated rings. The Bertz CT molecular complexity index is 793. The lowest BCUT2D eigenvalue weighted by molar-refractivity contribution is 0.791. The van der Waals surface area contributed by atoms with Gasteiger partial charge in [0.2, 0.25) is 0 Å². The molecule has 106 valence electrons. The molecule has 5 nitrogen and oxygen atoms in total. The fourth-order valence-corrected chi connectivity index (χ4v) is 2.61. The van der Waals surface area contributed by atoms with Crippen LogP contribution in [0.2, 0.25) is 10.0 Å². The average molecular weight is 320 g/mol. The van der Waals surface area contributed by atoms with Gasteiger partial charge in [-0.1, -0.05) is 29.3 Å². The van der Waals surface area contributed by atoms with Gasteiger partial charge in [0.05, 0.1) is 10.7 Å². The first-order valence-electron chi connectivity index (χ1n) is 6.16. The van der Waals surface area contributed by atoms with E-state index in [2.05, 4.69) is 15.5 Å². The summed E-state index contributed by atoms with van der Waals surface area (Å²) in [5, 5.41) is 12.8. The molecule has 0 atom stereocenters. The zero-order valence-electron chi connectivity index (χ0n) is 11.1. The number of hydrogen-bond donors (Lipinski definition) is 1. The van der Waals surface area contributed by atoms with E-state index in [0.717, 1.165) is 11.1 Å². The second-order valence-electron chi connectivity index (χ2n) is 4.64. The number of nitrogens with two attached hydrogens (primary N) is 1. The number of nitrogen functional groups attached to an aromatic ring is 1. The Morgan fingerprint density at radius 3 is 2.62 bits per heavy atom. The summed E-state index contributed by atoms with van der Waals surface area (Å²) in [6.07, 6.45) is 0. The summed E-state index contributed by atoms with van der Waals surface area (Å²) in [7, 11) is 0. The van der Waals surface area contributed by atoms with Crippen LogP contribution in [0.15, 0.2) is 36.4 Å². The van der Waals surface area contributed by atoms with Crippen molar-refractivity contribution in [3.8, 4) is 17.1 Å². The van der Waals surface area contributed by atoms with Crippen LogP contribution in [-0.4, -0.2) is 20.2 Å². The molecule has 0 aliphatic heterocycles. The SMILES string of the molecule is Cc1ccc(-n2nnnc2-c2cc(N)cc(Cl)c2)c(Cl)c1. The largest absolute Gasteiger partial charge is 0.399 e. The van der Waals surface area contributed by atoms with Crippen LogP contribution < -0.4 is 5.73 Å². The summed E-state index contributed by atoms with van der Waals surface area (Å²) < 4.78 is 1.56. The van der Waals surface area contributed by atoms with Crippen LogP contribution in [0.25, 0.3) is 17.1 Å². The number of anilines is 1. The third-order valence-electron chi connectivity index (χ3n) is 2.98. The molecule has 0 radical (unpaired) electrons. The number of aryl methyl sites for hydroxylation is 1. The van der Waals surface area contributed by atoms with E-state index in [1.165, 1.54) is 0 Å². The first kappa shape index (κ1) is 13.9. The van der Waals surface area contributed by atoms with Gasteiger partial charge >= 0.3 is 0 Å². The van der Waals surface area contributed by atoms with Gasteiger partial charge in [0, 0.05) is 16.3 Å². The molecule has 0 saturated carbocycles. The first-order valence-corrected chi connectivity index (χ1v) is 6.91. The maximum Gasteiger partial charge on any atom is 0.187 e. The van der Waals surface area contributed by atoms with Gasteiger partial charge < -0.3 is 5.73 Å². The van der Waals surface area contributed by atoms with Gasteiger partial charge in [-0.2, -0.15) is 4.68 Å². The maximum atomic E-state index is 6.28. The van der Waals surface area contributed by atoms with Gasteiger partial charge in [-0.15, -0.1) is 5.10 Å². The van der Waals surface area contributed by atoms with Crippen LogP contribution in [0.5, 0.6) is 0 Å². The summed E-state index contributed by atoms with van der Waals surface area (Å²) in [6.45, 7) is 1.97. The number of benzene rings is 2. The zero-order valence-corrected chi connectivity index (χ0v) is 12.6. The number of aromatic nitrogens is 4. The van der Waals surface area contributed by atoms with Crippen molar-refractivity contribution in [1.82, 2.24) is 20.2 Å². The van der Waals surface area contributed by atoms with Gasteiger partial charge in [0.15, 0.2) is 5.82 Å². The highest BCUT2D eigenvalue weighted by Crippen LogP contribution is 2.28. The minimum atomic E-state index is 0.523. The molecule has 2 N–H and O–H groups in total. The predicted molar refractivity (Wildman–Crippen MR) is 83.8 cm³/mol. The molecule has 1 aromatic heterocycles. The summed E-state index contributed by atoms with van der Waals surface area (Å²) in [5.74, 6) is 0.523. The minimum absolute atomic E-state index is 0.523. The molecule has 0 bridgehead atoms. The van der Waals surface area contributed by atoms with Crippen LogP contribution in [0.1, 0.15) is 5.56 Å². The predicted octanol–water partition coefficient (Wildman–Crippen LogP) is 3.53. The maximum absolute atomic E-state index is 6.28. The smallest absolute Gasteiger partial charge is 0.187 e. The Morgan fingerprint density at radius 1 is 1.10 bits per heavy atom. The van der Waals surface area contributed by atoms with Crippen molar-refractivity contribution >= 4 is 28.9 Å². The van der Waals surface area contributed by atoms with Crippen molar-refractivity contribution in [1.29, 1.82) is 0 Å². The van der Waals surface area contributed by atoms with Crippen LogP contribution in [0, 0.1) is 6.92 Å². The quantitative estimate of drug-likeness (QED) is 0.733. The van der Waals surface area contributed by atoms with Gasteiger partial charge in [-0.05, 0) is 53.2 Å². The lowest BCUT2D eigenvalue weighted by atomic mass is 10.2. The Kier molecular flexibility index (Phi) is 3.53. The van der Waals surface area contributed by atoms with Crippen molar-refractivity contribution in [3.63, 3.8) is 0 Å². The van der Waals surface area contributed by atoms with E-state index in [0.29, 0.717) is 27.2 Å². The Balaban J connectivity index is 2.17. The number of halogens is 2. The van der Waals surface area contributed by atoms with Crippen molar-refractivity contribution in [2.24, 2.45) is 0 Å². The Hall–Kier alpha value is -2.11. The monoisotopic (exact) mass is 319 g/mol. The molecule has 3 rings (SSSR count). The molecule has 0 amide bonds.